The van der Waals surface area contributed by atoms with E-state index in [-0.39, 0.29) is 76.8 Å². The summed E-state index contributed by atoms with van der Waals surface area (Å²) in [6.07, 6.45) is -12.6. The van der Waals surface area contributed by atoms with Crippen LogP contribution in [0, 0.1) is 0 Å². The van der Waals surface area contributed by atoms with Gasteiger partial charge in [-0.1, -0.05) is 6.58 Å². The van der Waals surface area contributed by atoms with Crippen molar-refractivity contribution in [1.29, 1.82) is 0 Å². The van der Waals surface area contributed by atoms with E-state index >= 15 is 0 Å². The monoisotopic (exact) mass is 599 g/mol. The minimum atomic E-state index is -1.69. The number of ether oxygens (including phenoxy) is 8. The molecule has 0 aliphatic carbocycles. The molecule has 0 amide bonds. The smallest absolute Gasteiger partial charge is 0.870 e. The van der Waals surface area contributed by atoms with Crippen molar-refractivity contribution >= 4 is 18.2 Å². The fourth-order valence-electron chi connectivity index (χ4n) is 3.81. The molecule has 2 rings (SSSR count). The number of hydrogen-bond donors (Lipinski definition) is 3. The normalized spacial score (nSPS) is 33.4. The van der Waals surface area contributed by atoms with Crippen LogP contribution in [0.1, 0.15) is 6.92 Å². The maximum absolute atomic E-state index is 12.3. The molecule has 2 aliphatic rings. The molecule has 0 aromatic heterocycles. The van der Waals surface area contributed by atoms with Crippen molar-refractivity contribution in [2.24, 2.45) is 0 Å². The van der Waals surface area contributed by atoms with E-state index in [0.29, 0.717) is 0 Å². The first-order valence-electron chi connectivity index (χ1n) is 11.2. The number of carbonyl (C=O) groups excluding carboxylic acids is 3. The topological polar surface area (TPSA) is 239 Å². The van der Waals surface area contributed by atoms with E-state index in [4.69, 9.17) is 37.9 Å². The molecular weight excluding hydrogens is 566 g/mol. The van der Waals surface area contributed by atoms with E-state index in [1.54, 1.807) is 0 Å². The number of carbonyl (C=O) groups is 2. The second-order valence-electron chi connectivity index (χ2n) is 8.29. The van der Waals surface area contributed by atoms with E-state index in [1.165, 1.54) is 27.4 Å². The molecule has 2 fully saturated rings. The van der Waals surface area contributed by atoms with E-state index in [2.05, 4.69) is 6.58 Å². The third-order valence-electron chi connectivity index (χ3n) is 5.59. The Balaban J connectivity index is 0. The predicted molar refractivity (Wildman–Crippen MR) is 117 cm³/mol. The van der Waals surface area contributed by atoms with E-state index < -0.39 is 93.2 Å². The zero-order valence-corrected chi connectivity index (χ0v) is 27.0. The van der Waals surface area contributed by atoms with Crippen molar-refractivity contribution in [2.45, 2.75) is 68.3 Å². The van der Waals surface area contributed by atoms with Gasteiger partial charge >= 0.3 is 65.1 Å². The predicted octanol–water partition coefficient (Wildman–Crippen LogP) is -10.2. The Morgan fingerprint density at radius 1 is 0.900 bits per heavy atom. The van der Waals surface area contributed by atoms with Crippen LogP contribution < -0.4 is 64.2 Å². The van der Waals surface area contributed by atoms with Gasteiger partial charge in [-0.05, 0) is 13.5 Å². The number of hydrogen-bond acceptors (Lipinski definition) is 16. The SMILES string of the molecule is C=C(C)C(=O)OC1C(OC2C(COCC(=O)[O-])OC(OC)C(O)C2O)OC(COC[C-]=O)C(OC)C1O.[Na+].[Na+].[OH-]. The molecule has 0 aromatic carbocycles. The van der Waals surface area contributed by atoms with Gasteiger partial charge in [0.05, 0.1) is 25.8 Å². The van der Waals surface area contributed by atoms with Crippen LogP contribution in [-0.2, 0) is 52.3 Å². The van der Waals surface area contributed by atoms with Crippen LogP contribution in [0.4, 0.5) is 0 Å². The molecular formula is C22H33Na2O16-. The molecule has 0 bridgehead atoms. The molecule has 0 spiro atoms. The number of rotatable bonds is 14. The molecule has 0 aromatic rings. The van der Waals surface area contributed by atoms with Gasteiger partial charge in [0.15, 0.2) is 18.7 Å². The molecule has 220 valence electrons. The molecule has 2 aliphatic heterocycles. The van der Waals surface area contributed by atoms with Crippen LogP contribution in [0.15, 0.2) is 12.2 Å². The summed E-state index contributed by atoms with van der Waals surface area (Å²) >= 11 is 0. The summed E-state index contributed by atoms with van der Waals surface area (Å²) in [6.45, 7) is 2.95. The van der Waals surface area contributed by atoms with E-state index in [9.17, 15) is 34.8 Å². The molecule has 18 heteroatoms. The van der Waals surface area contributed by atoms with Gasteiger partial charge in [-0.25, -0.2) is 11.1 Å². The molecule has 4 N–H and O–H groups in total. The van der Waals surface area contributed by atoms with Gasteiger partial charge in [0.1, 0.15) is 42.7 Å². The summed E-state index contributed by atoms with van der Waals surface area (Å²) in [6, 6.07) is 0. The van der Waals surface area contributed by atoms with Crippen molar-refractivity contribution in [3.8, 4) is 0 Å². The molecule has 0 radical (unpaired) electrons. The summed E-state index contributed by atoms with van der Waals surface area (Å²) in [5, 5.41) is 42.9. The van der Waals surface area contributed by atoms with Crippen LogP contribution in [-0.4, -0.2) is 141 Å². The van der Waals surface area contributed by atoms with Crippen molar-refractivity contribution in [3.05, 3.63) is 12.2 Å². The molecule has 2 saturated heterocycles. The van der Waals surface area contributed by atoms with Gasteiger partial charge in [0.25, 0.3) is 0 Å². The summed E-state index contributed by atoms with van der Waals surface area (Å²) in [5.74, 6) is -2.40. The quantitative estimate of drug-likeness (QED) is 0.0552. The number of esters is 1. The Kier molecular flexibility index (Phi) is 21.8. The van der Waals surface area contributed by atoms with Crippen LogP contribution >= 0.6 is 0 Å². The van der Waals surface area contributed by atoms with Gasteiger partial charge < -0.3 is 73.4 Å². The average Bonchev–Trinajstić information content (AvgIpc) is 2.85. The summed E-state index contributed by atoms with van der Waals surface area (Å²) in [5.41, 5.74) is -0.000145. The van der Waals surface area contributed by atoms with Crippen LogP contribution in [0.5, 0.6) is 0 Å². The molecule has 40 heavy (non-hydrogen) atoms. The number of aliphatic carboxylic acids is 1. The zero-order valence-electron chi connectivity index (χ0n) is 23.0. The first-order valence-corrected chi connectivity index (χ1v) is 11.2. The molecule has 16 nitrogen and oxygen atoms in total. The first-order chi connectivity index (χ1) is 17.5. The van der Waals surface area contributed by atoms with Gasteiger partial charge in [-0.2, -0.15) is 0 Å². The van der Waals surface area contributed by atoms with E-state index in [1.807, 2.05) is 0 Å². The Morgan fingerprint density at radius 2 is 1.48 bits per heavy atom. The summed E-state index contributed by atoms with van der Waals surface area (Å²) in [4.78, 5) is 33.5. The third kappa shape index (κ3) is 11.5. The zero-order chi connectivity index (χ0) is 27.7. The van der Waals surface area contributed by atoms with Gasteiger partial charge in [-0.15, -0.1) is 0 Å². The Labute approximate surface area is 275 Å². The van der Waals surface area contributed by atoms with Crippen LogP contribution in [0.25, 0.3) is 0 Å². The molecule has 10 atom stereocenters. The Bertz CT molecular complexity index is 788. The summed E-state index contributed by atoms with van der Waals surface area (Å²) in [7, 11) is 2.47. The minimum absolute atomic E-state index is 0. The van der Waals surface area contributed by atoms with Crippen molar-refractivity contribution < 1.29 is 137 Å². The molecule has 10 unspecified atom stereocenters. The van der Waals surface area contributed by atoms with Crippen molar-refractivity contribution in [3.63, 3.8) is 0 Å². The Morgan fingerprint density at radius 3 is 2.00 bits per heavy atom. The standard InChI is InChI=1S/C22H33O15.2Na.H2O/c1-10(2)20(29)36-19-16(28)17(30-3)11(7-32-6-5-23)35-22(19)37-18-12(8-33-9-13(24)25)34-21(31-4)15(27)14(18)26;;;/h11-12,14-19,21-22,26-28H,1,6-9H2,2-4H3,(H,24,25);;;1H2/q-1;2*+1;/p-2. The second kappa shape index (κ2) is 20.8. The van der Waals surface area contributed by atoms with E-state index in [0.717, 1.165) is 0 Å². The maximum Gasteiger partial charge on any atom is 1.00 e. The number of carboxylic acids is 1. The number of aliphatic hydroxyl groups excluding tert-OH is 3. The number of aliphatic hydroxyl groups is 3. The first kappa shape index (κ1) is 42.0. The third-order valence-corrected chi connectivity index (χ3v) is 5.59. The summed E-state index contributed by atoms with van der Waals surface area (Å²) < 4.78 is 43.0. The minimum Gasteiger partial charge on any atom is -0.870 e. The second-order valence-corrected chi connectivity index (χ2v) is 8.29. The largest absolute Gasteiger partial charge is 1.00 e. The number of carboxylic acid groups (broad SMARTS) is 1. The molecule has 2 heterocycles. The average molecular weight is 599 g/mol. The van der Waals surface area contributed by atoms with Gasteiger partial charge in [0, 0.05) is 19.8 Å². The van der Waals surface area contributed by atoms with Crippen molar-refractivity contribution in [1.82, 2.24) is 0 Å². The van der Waals surface area contributed by atoms with Crippen LogP contribution in [0.2, 0.25) is 0 Å². The molecule has 0 saturated carbocycles. The maximum atomic E-state index is 12.3. The Hall–Kier alpha value is -0.0900. The fraction of sp³-hybridized carbons (Fsp3) is 0.773. The number of methoxy groups -OCH3 is 2. The fourth-order valence-corrected chi connectivity index (χ4v) is 3.81. The van der Waals surface area contributed by atoms with Gasteiger partial charge in [0.2, 0.25) is 0 Å². The van der Waals surface area contributed by atoms with Gasteiger partial charge in [-0.3, -0.25) is 0 Å². The van der Waals surface area contributed by atoms with Crippen LogP contribution in [0.3, 0.4) is 0 Å². The van der Waals surface area contributed by atoms with Crippen molar-refractivity contribution in [2.75, 3.05) is 40.6 Å².